The van der Waals surface area contributed by atoms with Crippen molar-refractivity contribution in [3.63, 3.8) is 0 Å². The Labute approximate surface area is 172 Å². The maximum atomic E-state index is 13.2. The molecule has 2 aromatic rings. The third kappa shape index (κ3) is 3.72. The number of hydrogen-bond acceptors (Lipinski definition) is 4. The largest absolute Gasteiger partial charge is 0.388 e. The standard InChI is InChI=1S/C23H30N2O4/c1-16-5-7-18(8-6-16)20-11-19(17(2)25(20)9-10-28-4)21(26)24-13-23(14-24)12-22(3,27)15-29-23/h5-8,11,27H,9-10,12-15H2,1-4H3. The lowest BCUT2D eigenvalue weighted by Gasteiger charge is -2.47. The van der Waals surface area contributed by atoms with Crippen LogP contribution in [0.4, 0.5) is 0 Å². The van der Waals surface area contributed by atoms with E-state index in [1.165, 1.54) is 5.56 Å². The van der Waals surface area contributed by atoms with Gasteiger partial charge in [0.25, 0.3) is 5.91 Å². The second kappa shape index (κ2) is 7.27. The first kappa shape index (κ1) is 20.1. The fraction of sp³-hybridized carbons (Fsp3) is 0.522. The maximum absolute atomic E-state index is 13.2. The van der Waals surface area contributed by atoms with Crippen LogP contribution in [-0.4, -0.2) is 65.1 Å². The van der Waals surface area contributed by atoms with Gasteiger partial charge in [-0.3, -0.25) is 4.79 Å². The van der Waals surface area contributed by atoms with E-state index >= 15 is 0 Å². The van der Waals surface area contributed by atoms with Crippen molar-refractivity contribution >= 4 is 5.91 Å². The lowest BCUT2D eigenvalue weighted by Crippen LogP contribution is -2.63. The SMILES string of the molecule is COCCn1c(-c2ccc(C)cc2)cc(C(=O)N2CC3(C2)CC(C)(O)CO3)c1C. The molecule has 2 aliphatic rings. The Hall–Kier alpha value is -2.15. The molecule has 4 rings (SSSR count). The Morgan fingerprint density at radius 3 is 2.52 bits per heavy atom. The van der Waals surface area contributed by atoms with Gasteiger partial charge in [-0.05, 0) is 32.4 Å². The van der Waals surface area contributed by atoms with Crippen LogP contribution in [0.2, 0.25) is 0 Å². The first-order chi connectivity index (χ1) is 13.7. The van der Waals surface area contributed by atoms with Gasteiger partial charge < -0.3 is 24.0 Å². The zero-order chi connectivity index (χ0) is 20.8. The summed E-state index contributed by atoms with van der Waals surface area (Å²) in [5.41, 5.74) is 3.80. The number of amides is 1. The third-order valence-corrected chi connectivity index (χ3v) is 6.10. The van der Waals surface area contributed by atoms with Crippen molar-refractivity contribution in [2.75, 3.05) is 33.4 Å². The summed E-state index contributed by atoms with van der Waals surface area (Å²) in [5, 5.41) is 10.2. The molecule has 6 nitrogen and oxygen atoms in total. The maximum Gasteiger partial charge on any atom is 0.255 e. The summed E-state index contributed by atoms with van der Waals surface area (Å²) in [6.45, 7) is 8.52. The minimum Gasteiger partial charge on any atom is -0.388 e. The second-order valence-corrected chi connectivity index (χ2v) is 8.85. The van der Waals surface area contributed by atoms with E-state index in [2.05, 4.69) is 35.8 Å². The molecule has 1 unspecified atom stereocenters. The van der Waals surface area contributed by atoms with E-state index in [9.17, 15) is 9.90 Å². The molecule has 2 aliphatic heterocycles. The molecule has 0 saturated carbocycles. The van der Waals surface area contributed by atoms with Crippen LogP contribution in [0, 0.1) is 13.8 Å². The summed E-state index contributed by atoms with van der Waals surface area (Å²) in [6.07, 6.45) is 0.576. The Bertz CT molecular complexity index is 908. The molecule has 1 aromatic carbocycles. The molecule has 2 fully saturated rings. The summed E-state index contributed by atoms with van der Waals surface area (Å²) in [5.74, 6) is 0.0211. The summed E-state index contributed by atoms with van der Waals surface area (Å²) in [6, 6.07) is 10.4. The Kier molecular flexibility index (Phi) is 5.05. The van der Waals surface area contributed by atoms with Crippen LogP contribution in [0.5, 0.6) is 0 Å². The van der Waals surface area contributed by atoms with Gasteiger partial charge in [-0.25, -0.2) is 0 Å². The van der Waals surface area contributed by atoms with E-state index in [-0.39, 0.29) is 11.5 Å². The predicted molar refractivity (Wildman–Crippen MR) is 111 cm³/mol. The molecule has 0 aliphatic carbocycles. The van der Waals surface area contributed by atoms with Gasteiger partial charge in [-0.1, -0.05) is 29.8 Å². The van der Waals surface area contributed by atoms with Crippen molar-refractivity contribution in [2.24, 2.45) is 0 Å². The number of ether oxygens (including phenoxy) is 2. The van der Waals surface area contributed by atoms with Crippen molar-refractivity contribution in [3.8, 4) is 11.3 Å². The van der Waals surface area contributed by atoms with Crippen LogP contribution < -0.4 is 0 Å². The first-order valence-electron chi connectivity index (χ1n) is 10.2. The molecule has 0 bridgehead atoms. The number of hydrogen-bond donors (Lipinski definition) is 1. The van der Waals surface area contributed by atoms with Crippen molar-refractivity contribution in [2.45, 2.75) is 44.9 Å². The quantitative estimate of drug-likeness (QED) is 0.841. The Morgan fingerprint density at radius 2 is 1.93 bits per heavy atom. The van der Waals surface area contributed by atoms with Crippen LogP contribution in [0.25, 0.3) is 11.3 Å². The van der Waals surface area contributed by atoms with Gasteiger partial charge in [-0.2, -0.15) is 0 Å². The van der Waals surface area contributed by atoms with Crippen LogP contribution in [-0.2, 0) is 16.0 Å². The topological polar surface area (TPSA) is 63.9 Å². The number of likely N-dealkylation sites (tertiary alicyclic amines) is 1. The number of aliphatic hydroxyl groups is 1. The molecule has 1 N–H and O–H groups in total. The van der Waals surface area contributed by atoms with Gasteiger partial charge in [0.1, 0.15) is 5.60 Å². The fourth-order valence-electron chi connectivity index (χ4n) is 4.57. The zero-order valence-corrected chi connectivity index (χ0v) is 17.7. The number of benzene rings is 1. The van der Waals surface area contributed by atoms with Crippen molar-refractivity contribution in [1.29, 1.82) is 0 Å². The first-order valence-corrected chi connectivity index (χ1v) is 10.2. The Morgan fingerprint density at radius 1 is 1.24 bits per heavy atom. The van der Waals surface area contributed by atoms with Gasteiger partial charge in [0.15, 0.2) is 0 Å². The predicted octanol–water partition coefficient (Wildman–Crippen LogP) is 2.78. The highest BCUT2D eigenvalue weighted by Crippen LogP contribution is 2.40. The molecular weight excluding hydrogens is 368 g/mol. The van der Waals surface area contributed by atoms with E-state index in [4.69, 9.17) is 9.47 Å². The minimum absolute atomic E-state index is 0.0211. The lowest BCUT2D eigenvalue weighted by atomic mass is 9.85. The number of aromatic nitrogens is 1. The van der Waals surface area contributed by atoms with E-state index in [1.54, 1.807) is 14.0 Å². The monoisotopic (exact) mass is 398 g/mol. The summed E-state index contributed by atoms with van der Waals surface area (Å²) in [4.78, 5) is 15.1. The van der Waals surface area contributed by atoms with Crippen molar-refractivity contribution < 1.29 is 19.4 Å². The second-order valence-electron chi connectivity index (χ2n) is 8.85. The molecule has 1 atom stereocenters. The van der Waals surface area contributed by atoms with Gasteiger partial charge >= 0.3 is 0 Å². The molecule has 156 valence electrons. The summed E-state index contributed by atoms with van der Waals surface area (Å²) in [7, 11) is 1.69. The van der Waals surface area contributed by atoms with E-state index in [1.807, 2.05) is 17.9 Å². The highest BCUT2D eigenvalue weighted by Gasteiger charge is 2.54. The van der Waals surface area contributed by atoms with Gasteiger partial charge in [0.05, 0.1) is 37.5 Å². The van der Waals surface area contributed by atoms with E-state index < -0.39 is 5.60 Å². The summed E-state index contributed by atoms with van der Waals surface area (Å²) >= 11 is 0. The zero-order valence-electron chi connectivity index (χ0n) is 17.7. The number of methoxy groups -OCH3 is 1. The van der Waals surface area contributed by atoms with Gasteiger partial charge in [0, 0.05) is 31.5 Å². The van der Waals surface area contributed by atoms with Gasteiger partial charge in [-0.15, -0.1) is 0 Å². The third-order valence-electron chi connectivity index (χ3n) is 6.10. The normalized spacial score (nSPS) is 22.9. The van der Waals surface area contributed by atoms with Crippen LogP contribution in [0.15, 0.2) is 30.3 Å². The van der Waals surface area contributed by atoms with E-state index in [0.717, 1.165) is 22.5 Å². The minimum atomic E-state index is -0.798. The molecule has 0 radical (unpaired) electrons. The average Bonchev–Trinajstić information content (AvgIpc) is 3.16. The molecule has 3 heterocycles. The average molecular weight is 399 g/mol. The smallest absolute Gasteiger partial charge is 0.255 e. The molecule has 29 heavy (non-hydrogen) atoms. The van der Waals surface area contributed by atoms with Crippen LogP contribution in [0.1, 0.15) is 35.0 Å². The molecule has 1 aromatic heterocycles. The molecule has 1 spiro atoms. The molecular formula is C23H30N2O4. The van der Waals surface area contributed by atoms with Crippen molar-refractivity contribution in [3.05, 3.63) is 47.2 Å². The highest BCUT2D eigenvalue weighted by atomic mass is 16.5. The number of aryl methyl sites for hydroxylation is 1. The van der Waals surface area contributed by atoms with E-state index in [0.29, 0.717) is 39.3 Å². The fourth-order valence-corrected chi connectivity index (χ4v) is 4.57. The van der Waals surface area contributed by atoms with Crippen molar-refractivity contribution in [1.82, 2.24) is 9.47 Å². The Balaban J connectivity index is 1.59. The number of rotatable bonds is 5. The number of carbonyl (C=O) groups excluding carboxylic acids is 1. The molecule has 6 heteroatoms. The number of nitrogens with zero attached hydrogens (tertiary/aromatic N) is 2. The number of carbonyl (C=O) groups is 1. The van der Waals surface area contributed by atoms with Crippen LogP contribution >= 0.6 is 0 Å². The summed E-state index contributed by atoms with van der Waals surface area (Å²) < 4.78 is 13.3. The highest BCUT2D eigenvalue weighted by molar-refractivity contribution is 5.97. The molecule has 2 saturated heterocycles. The molecule has 1 amide bonds. The van der Waals surface area contributed by atoms with Gasteiger partial charge in [0.2, 0.25) is 0 Å². The lowest BCUT2D eigenvalue weighted by molar-refractivity contribution is -0.0954. The van der Waals surface area contributed by atoms with Crippen LogP contribution in [0.3, 0.4) is 0 Å².